The monoisotopic (exact) mass is 298 g/mol. The molecule has 4 heteroatoms. The maximum atomic E-state index is 11.7. The molecule has 0 saturated carbocycles. The SMILES string of the molecule is O=C(/C=C(\O)c1ccccc1)C(=O)SCc1ccccc1. The average molecular weight is 298 g/mol. The fraction of sp³-hybridized carbons (Fsp3) is 0.0588. The molecule has 0 amide bonds. The Balaban J connectivity index is 1.95. The predicted molar refractivity (Wildman–Crippen MR) is 84.8 cm³/mol. The molecule has 0 aliphatic heterocycles. The second-order valence-electron chi connectivity index (χ2n) is 4.32. The first kappa shape index (κ1) is 15.1. The van der Waals surface area contributed by atoms with Crippen molar-refractivity contribution in [2.45, 2.75) is 5.75 Å². The number of aliphatic hydroxyl groups is 1. The summed E-state index contributed by atoms with van der Waals surface area (Å²) >= 11 is 0.931. The number of hydrogen-bond donors (Lipinski definition) is 1. The van der Waals surface area contributed by atoms with E-state index in [4.69, 9.17) is 0 Å². The van der Waals surface area contributed by atoms with Gasteiger partial charge in [-0.2, -0.15) is 0 Å². The van der Waals surface area contributed by atoms with E-state index in [9.17, 15) is 14.7 Å². The Hall–Kier alpha value is -2.33. The van der Waals surface area contributed by atoms with E-state index in [0.29, 0.717) is 11.3 Å². The molecule has 0 radical (unpaired) electrons. The summed E-state index contributed by atoms with van der Waals surface area (Å²) in [5.41, 5.74) is 1.48. The van der Waals surface area contributed by atoms with E-state index < -0.39 is 10.9 Å². The van der Waals surface area contributed by atoms with Crippen LogP contribution in [0.1, 0.15) is 11.1 Å². The number of carbonyl (C=O) groups is 2. The number of ketones is 1. The Labute approximate surface area is 127 Å². The van der Waals surface area contributed by atoms with E-state index in [1.165, 1.54) is 0 Å². The van der Waals surface area contributed by atoms with Gasteiger partial charge in [-0.3, -0.25) is 9.59 Å². The molecule has 0 heterocycles. The van der Waals surface area contributed by atoms with Crippen LogP contribution < -0.4 is 0 Å². The second kappa shape index (κ2) is 7.45. The highest BCUT2D eigenvalue weighted by Crippen LogP contribution is 2.15. The molecule has 106 valence electrons. The van der Waals surface area contributed by atoms with Gasteiger partial charge < -0.3 is 5.11 Å². The van der Waals surface area contributed by atoms with Crippen molar-refractivity contribution in [3.8, 4) is 0 Å². The molecule has 0 unspecified atom stereocenters. The van der Waals surface area contributed by atoms with E-state index in [-0.39, 0.29) is 5.76 Å². The molecule has 0 spiro atoms. The molecule has 0 aromatic heterocycles. The molecule has 2 rings (SSSR count). The Bertz CT molecular complexity index is 648. The van der Waals surface area contributed by atoms with Gasteiger partial charge >= 0.3 is 0 Å². The molecule has 0 aliphatic carbocycles. The first-order chi connectivity index (χ1) is 10.2. The maximum Gasteiger partial charge on any atom is 0.259 e. The highest BCUT2D eigenvalue weighted by Gasteiger charge is 2.13. The van der Waals surface area contributed by atoms with Crippen molar-refractivity contribution >= 4 is 28.4 Å². The zero-order valence-electron chi connectivity index (χ0n) is 11.2. The third-order valence-corrected chi connectivity index (χ3v) is 3.69. The normalized spacial score (nSPS) is 11.1. The van der Waals surface area contributed by atoms with Crippen molar-refractivity contribution < 1.29 is 14.7 Å². The van der Waals surface area contributed by atoms with Gasteiger partial charge in [0.05, 0.1) is 0 Å². The van der Waals surface area contributed by atoms with Crippen molar-refractivity contribution in [3.63, 3.8) is 0 Å². The number of aliphatic hydroxyl groups excluding tert-OH is 1. The van der Waals surface area contributed by atoms with Crippen molar-refractivity contribution in [3.05, 3.63) is 77.9 Å². The lowest BCUT2D eigenvalue weighted by molar-refractivity contribution is -0.128. The standard InChI is InChI=1S/C17H14O3S/c18-15(14-9-5-2-6-10-14)11-16(19)17(20)21-12-13-7-3-1-4-8-13/h1-11,18H,12H2/b15-11-. The Kier molecular flexibility index (Phi) is 5.35. The molecule has 2 aromatic carbocycles. The molecule has 3 nitrogen and oxygen atoms in total. The second-order valence-corrected chi connectivity index (χ2v) is 5.27. The van der Waals surface area contributed by atoms with Crippen LogP contribution in [-0.4, -0.2) is 16.0 Å². The number of allylic oxidation sites excluding steroid dienone is 1. The van der Waals surface area contributed by atoms with Gasteiger partial charge in [0.15, 0.2) is 0 Å². The van der Waals surface area contributed by atoms with Crippen LogP contribution in [0.5, 0.6) is 0 Å². The van der Waals surface area contributed by atoms with Gasteiger partial charge in [0, 0.05) is 17.4 Å². The zero-order chi connectivity index (χ0) is 15.1. The molecule has 21 heavy (non-hydrogen) atoms. The van der Waals surface area contributed by atoms with Crippen LogP contribution in [0.2, 0.25) is 0 Å². The van der Waals surface area contributed by atoms with Crippen LogP contribution in [0.3, 0.4) is 0 Å². The van der Waals surface area contributed by atoms with Crippen LogP contribution in [0, 0.1) is 0 Å². The Morgan fingerprint density at radius 2 is 1.52 bits per heavy atom. The van der Waals surface area contributed by atoms with Gasteiger partial charge in [0.25, 0.3) is 5.12 Å². The Morgan fingerprint density at radius 3 is 2.14 bits per heavy atom. The highest BCUT2D eigenvalue weighted by molar-refractivity contribution is 8.14. The summed E-state index contributed by atoms with van der Waals surface area (Å²) in [4.78, 5) is 23.5. The number of thioether (sulfide) groups is 1. The van der Waals surface area contributed by atoms with Gasteiger partial charge in [-0.15, -0.1) is 0 Å². The largest absolute Gasteiger partial charge is 0.507 e. The first-order valence-electron chi connectivity index (χ1n) is 6.38. The van der Waals surface area contributed by atoms with E-state index in [1.54, 1.807) is 30.3 Å². The van der Waals surface area contributed by atoms with E-state index >= 15 is 0 Å². The summed E-state index contributed by atoms with van der Waals surface area (Å²) in [6.45, 7) is 0. The molecular formula is C17H14O3S. The summed E-state index contributed by atoms with van der Waals surface area (Å²) in [6, 6.07) is 18.1. The molecular weight excluding hydrogens is 284 g/mol. The van der Waals surface area contributed by atoms with E-state index in [2.05, 4.69) is 0 Å². The van der Waals surface area contributed by atoms with Crippen molar-refractivity contribution in [1.82, 2.24) is 0 Å². The average Bonchev–Trinajstić information content (AvgIpc) is 2.54. The van der Waals surface area contributed by atoms with Crippen molar-refractivity contribution in [1.29, 1.82) is 0 Å². The molecule has 2 aromatic rings. The lowest BCUT2D eigenvalue weighted by Crippen LogP contribution is -2.07. The summed E-state index contributed by atoms with van der Waals surface area (Å²) in [6.07, 6.45) is 0.968. The third kappa shape index (κ3) is 4.61. The maximum absolute atomic E-state index is 11.7. The number of benzene rings is 2. The lowest BCUT2D eigenvalue weighted by atomic mass is 10.1. The van der Waals surface area contributed by atoms with Gasteiger partial charge in [-0.25, -0.2) is 0 Å². The lowest BCUT2D eigenvalue weighted by Gasteiger charge is -2.00. The quantitative estimate of drug-likeness (QED) is 0.520. The van der Waals surface area contributed by atoms with Gasteiger partial charge in [-0.05, 0) is 5.56 Å². The number of hydrogen-bond acceptors (Lipinski definition) is 4. The van der Waals surface area contributed by atoms with Crippen molar-refractivity contribution in [2.24, 2.45) is 0 Å². The van der Waals surface area contributed by atoms with E-state index in [0.717, 1.165) is 23.4 Å². The molecule has 0 bridgehead atoms. The molecule has 0 atom stereocenters. The minimum atomic E-state index is -0.711. The molecule has 0 fully saturated rings. The number of rotatable bonds is 5. The summed E-state index contributed by atoms with van der Waals surface area (Å²) in [7, 11) is 0. The van der Waals surface area contributed by atoms with E-state index in [1.807, 2.05) is 30.3 Å². The summed E-state index contributed by atoms with van der Waals surface area (Å²) < 4.78 is 0. The minimum Gasteiger partial charge on any atom is -0.507 e. The first-order valence-corrected chi connectivity index (χ1v) is 7.36. The summed E-state index contributed by atoms with van der Waals surface area (Å²) in [5, 5.41) is 9.22. The Morgan fingerprint density at radius 1 is 0.952 bits per heavy atom. The highest BCUT2D eigenvalue weighted by atomic mass is 32.2. The fourth-order valence-corrected chi connectivity index (χ4v) is 2.36. The van der Waals surface area contributed by atoms with Gasteiger partial charge in [0.1, 0.15) is 5.76 Å². The van der Waals surface area contributed by atoms with Crippen LogP contribution in [0.4, 0.5) is 0 Å². The van der Waals surface area contributed by atoms with Gasteiger partial charge in [-0.1, -0.05) is 72.4 Å². The summed E-state index contributed by atoms with van der Waals surface area (Å²) in [5.74, 6) is -0.475. The smallest absolute Gasteiger partial charge is 0.259 e. The predicted octanol–water partition coefficient (Wildman–Crippen LogP) is 3.61. The third-order valence-electron chi connectivity index (χ3n) is 2.75. The minimum absolute atomic E-state index is 0.200. The van der Waals surface area contributed by atoms with Crippen LogP contribution in [0.15, 0.2) is 66.7 Å². The van der Waals surface area contributed by atoms with Crippen LogP contribution in [0.25, 0.3) is 5.76 Å². The van der Waals surface area contributed by atoms with Gasteiger partial charge in [0.2, 0.25) is 5.78 Å². The fourth-order valence-electron chi connectivity index (χ4n) is 1.67. The van der Waals surface area contributed by atoms with Crippen LogP contribution >= 0.6 is 11.8 Å². The zero-order valence-corrected chi connectivity index (χ0v) is 12.0. The molecule has 1 N–H and O–H groups in total. The molecule has 0 saturated heterocycles. The van der Waals surface area contributed by atoms with Crippen molar-refractivity contribution in [2.75, 3.05) is 0 Å². The molecule has 0 aliphatic rings. The number of carbonyl (C=O) groups excluding carboxylic acids is 2. The topological polar surface area (TPSA) is 54.4 Å². The van der Waals surface area contributed by atoms with Crippen LogP contribution in [-0.2, 0) is 15.3 Å².